The summed E-state index contributed by atoms with van der Waals surface area (Å²) in [5, 5.41) is 22.3. The average Bonchev–Trinajstić information content (AvgIpc) is 3.60. The van der Waals surface area contributed by atoms with Crippen molar-refractivity contribution in [1.29, 1.82) is 0 Å². The van der Waals surface area contributed by atoms with Gasteiger partial charge in [-0.05, 0) is 97.0 Å². The summed E-state index contributed by atoms with van der Waals surface area (Å²) in [6.07, 6.45) is 3.36. The highest BCUT2D eigenvalue weighted by Crippen LogP contribution is 2.29. The van der Waals surface area contributed by atoms with Gasteiger partial charge in [-0.1, -0.05) is 24.3 Å². The van der Waals surface area contributed by atoms with Gasteiger partial charge in [0, 0.05) is 41.8 Å². The predicted octanol–water partition coefficient (Wildman–Crippen LogP) is 3.89. The number of anilines is 1. The first-order valence-corrected chi connectivity index (χ1v) is 14.6. The van der Waals surface area contributed by atoms with E-state index >= 15 is 0 Å². The Morgan fingerprint density at radius 1 is 1.00 bits per heavy atom. The van der Waals surface area contributed by atoms with Gasteiger partial charge < -0.3 is 21.7 Å². The number of hydrogen-bond acceptors (Lipinski definition) is 7. The van der Waals surface area contributed by atoms with Crippen molar-refractivity contribution in [3.8, 4) is 22.5 Å². The molecule has 1 saturated carbocycles. The molecule has 11 nitrogen and oxygen atoms in total. The number of H-pyrrole nitrogens is 1. The first-order chi connectivity index (χ1) is 21.3. The molecular formula is C32H36ClFN8O3. The van der Waals surface area contributed by atoms with Crippen LogP contribution in [0.3, 0.4) is 0 Å². The van der Waals surface area contributed by atoms with Crippen LogP contribution in [0, 0.1) is 17.7 Å². The molecule has 4 aromatic rings. The molecule has 45 heavy (non-hydrogen) atoms. The van der Waals surface area contributed by atoms with Crippen LogP contribution in [0.2, 0.25) is 0 Å². The molecule has 1 fully saturated rings. The topological polar surface area (TPSA) is 168 Å². The number of nitrogens with two attached hydrogens (primary N) is 1. The summed E-state index contributed by atoms with van der Waals surface area (Å²) in [6, 6.07) is 17.3. The zero-order chi connectivity index (χ0) is 31.1. The third-order valence-electron chi connectivity index (χ3n) is 8.07. The quantitative estimate of drug-likeness (QED) is 0.176. The lowest BCUT2D eigenvalue weighted by Crippen LogP contribution is -2.48. The van der Waals surface area contributed by atoms with Gasteiger partial charge in [0.25, 0.3) is 5.91 Å². The van der Waals surface area contributed by atoms with E-state index in [4.69, 9.17) is 5.73 Å². The smallest absolute Gasteiger partial charge is 0.251 e. The number of nitrogens with one attached hydrogen (secondary N) is 4. The molecule has 1 heterocycles. The fourth-order valence-electron chi connectivity index (χ4n) is 5.51. The molecule has 3 aromatic carbocycles. The Morgan fingerprint density at radius 3 is 2.42 bits per heavy atom. The second kappa shape index (κ2) is 15.4. The maximum Gasteiger partial charge on any atom is 0.251 e. The number of aromatic nitrogens is 4. The van der Waals surface area contributed by atoms with Gasteiger partial charge in [0.15, 0.2) is 0 Å². The Bertz CT molecular complexity index is 1610. The van der Waals surface area contributed by atoms with Crippen molar-refractivity contribution in [2.45, 2.75) is 38.1 Å². The molecule has 5 rings (SSSR count). The second-order valence-corrected chi connectivity index (χ2v) is 11.0. The van der Waals surface area contributed by atoms with Crippen LogP contribution < -0.4 is 21.7 Å². The molecule has 1 aliphatic rings. The van der Waals surface area contributed by atoms with Crippen LogP contribution in [0.25, 0.3) is 22.5 Å². The summed E-state index contributed by atoms with van der Waals surface area (Å²) in [5.74, 6) is -0.723. The van der Waals surface area contributed by atoms with Gasteiger partial charge in [-0.3, -0.25) is 14.4 Å². The first kappa shape index (κ1) is 33.2. The van der Waals surface area contributed by atoms with Crippen molar-refractivity contribution < 1.29 is 18.8 Å². The van der Waals surface area contributed by atoms with E-state index in [0.29, 0.717) is 40.7 Å². The number of carbonyl (C=O) groups excluding carboxylic acids is 3. The Balaban J connectivity index is 0.00000461. The van der Waals surface area contributed by atoms with Crippen LogP contribution in [0.4, 0.5) is 10.1 Å². The Morgan fingerprint density at radius 2 is 1.76 bits per heavy atom. The number of halogens is 2. The van der Waals surface area contributed by atoms with E-state index in [1.165, 1.54) is 25.2 Å². The number of rotatable bonds is 10. The fourth-order valence-corrected chi connectivity index (χ4v) is 5.51. The van der Waals surface area contributed by atoms with E-state index in [1.54, 1.807) is 42.5 Å². The standard InChI is InChI=1S/C32H35FN8O3.ClH/c1-35-30(42)24-11-14-27(33)26(17-24)23-4-2-3-20(15-23)16-28(37-31(43)22-7-5-19(18-34)6-8-22)32(44)36-25-12-9-21(10-13-25)29-38-40-41-39-29;/h2-4,9-15,17,19,22,28H,5-8,16,18,34H2,1H3,(H,35,42)(H,36,44)(H,37,43)(H,38,39,40,41);1H/t19?,22?,28-;/m0./s1. The zero-order valence-electron chi connectivity index (χ0n) is 24.8. The van der Waals surface area contributed by atoms with E-state index in [1.807, 2.05) is 6.07 Å². The maximum absolute atomic E-state index is 14.9. The predicted molar refractivity (Wildman–Crippen MR) is 171 cm³/mol. The first-order valence-electron chi connectivity index (χ1n) is 14.6. The molecule has 0 radical (unpaired) electrons. The molecule has 1 aromatic heterocycles. The molecule has 1 atom stereocenters. The zero-order valence-corrected chi connectivity index (χ0v) is 25.6. The molecule has 0 unspecified atom stereocenters. The molecule has 13 heteroatoms. The van der Waals surface area contributed by atoms with E-state index in [2.05, 4.69) is 36.6 Å². The summed E-state index contributed by atoms with van der Waals surface area (Å²) in [5.41, 5.74) is 8.93. The van der Waals surface area contributed by atoms with Gasteiger partial charge in [-0.15, -0.1) is 22.6 Å². The monoisotopic (exact) mass is 634 g/mol. The van der Waals surface area contributed by atoms with Gasteiger partial charge >= 0.3 is 0 Å². The maximum atomic E-state index is 14.9. The number of aromatic amines is 1. The summed E-state index contributed by atoms with van der Waals surface area (Å²) in [6.45, 7) is 0.605. The van der Waals surface area contributed by atoms with Crippen molar-refractivity contribution in [2.75, 3.05) is 18.9 Å². The van der Waals surface area contributed by atoms with E-state index in [-0.39, 0.29) is 48.0 Å². The summed E-state index contributed by atoms with van der Waals surface area (Å²) >= 11 is 0. The van der Waals surface area contributed by atoms with Gasteiger partial charge in [-0.25, -0.2) is 4.39 Å². The molecule has 6 N–H and O–H groups in total. The van der Waals surface area contributed by atoms with E-state index in [0.717, 1.165) is 31.2 Å². The average molecular weight is 635 g/mol. The highest BCUT2D eigenvalue weighted by Gasteiger charge is 2.29. The second-order valence-electron chi connectivity index (χ2n) is 11.0. The summed E-state index contributed by atoms with van der Waals surface area (Å²) in [7, 11) is 1.51. The van der Waals surface area contributed by atoms with Crippen LogP contribution in [-0.2, 0) is 16.0 Å². The Kier molecular flexibility index (Phi) is 11.3. The van der Waals surface area contributed by atoms with Crippen LogP contribution in [0.15, 0.2) is 66.7 Å². The van der Waals surface area contributed by atoms with E-state index < -0.39 is 11.9 Å². The largest absolute Gasteiger partial charge is 0.355 e. The van der Waals surface area contributed by atoms with Crippen molar-refractivity contribution in [2.24, 2.45) is 17.6 Å². The normalized spacial score (nSPS) is 16.6. The minimum atomic E-state index is -0.899. The minimum absolute atomic E-state index is 0. The lowest BCUT2D eigenvalue weighted by Gasteiger charge is -2.28. The number of tetrazole rings is 1. The molecule has 0 bridgehead atoms. The number of amides is 3. The van der Waals surface area contributed by atoms with Crippen molar-refractivity contribution in [1.82, 2.24) is 31.3 Å². The lowest BCUT2D eigenvalue weighted by atomic mass is 9.81. The van der Waals surface area contributed by atoms with Crippen LogP contribution in [0.5, 0.6) is 0 Å². The summed E-state index contributed by atoms with van der Waals surface area (Å²) < 4.78 is 14.9. The van der Waals surface area contributed by atoms with Crippen LogP contribution in [0.1, 0.15) is 41.6 Å². The molecule has 3 amide bonds. The summed E-state index contributed by atoms with van der Waals surface area (Å²) in [4.78, 5) is 39.1. The van der Waals surface area contributed by atoms with Gasteiger partial charge in [0.2, 0.25) is 17.6 Å². The van der Waals surface area contributed by atoms with Crippen LogP contribution in [-0.4, -0.2) is 58.0 Å². The molecule has 236 valence electrons. The van der Waals surface area contributed by atoms with Crippen molar-refractivity contribution in [3.63, 3.8) is 0 Å². The number of carbonyl (C=O) groups is 3. The molecule has 0 saturated heterocycles. The molecule has 0 spiro atoms. The van der Waals surface area contributed by atoms with E-state index in [9.17, 15) is 18.8 Å². The number of nitrogens with zero attached hydrogens (tertiary/aromatic N) is 3. The number of hydrogen-bond donors (Lipinski definition) is 5. The SMILES string of the molecule is CNC(=O)c1ccc(F)c(-c2cccc(C[C@H](NC(=O)C3CCC(CN)CC3)C(=O)Nc3ccc(-c4nn[nH]n4)cc3)c2)c1.Cl. The Labute approximate surface area is 266 Å². The van der Waals surface area contributed by atoms with Crippen molar-refractivity contribution >= 4 is 35.8 Å². The minimum Gasteiger partial charge on any atom is -0.355 e. The number of benzene rings is 3. The molecule has 1 aliphatic carbocycles. The third kappa shape index (κ3) is 8.28. The van der Waals surface area contributed by atoms with Gasteiger partial charge in [0.1, 0.15) is 11.9 Å². The van der Waals surface area contributed by atoms with Crippen LogP contribution >= 0.6 is 12.4 Å². The fraction of sp³-hybridized carbons (Fsp3) is 0.312. The highest BCUT2D eigenvalue weighted by molar-refractivity contribution is 5.98. The highest BCUT2D eigenvalue weighted by atomic mass is 35.5. The Hall–Kier alpha value is -4.68. The van der Waals surface area contributed by atoms with Gasteiger partial charge in [0.05, 0.1) is 0 Å². The molecular weight excluding hydrogens is 599 g/mol. The molecule has 0 aliphatic heterocycles. The van der Waals surface area contributed by atoms with Gasteiger partial charge in [-0.2, -0.15) is 5.21 Å². The van der Waals surface area contributed by atoms with Crippen molar-refractivity contribution in [3.05, 3.63) is 83.7 Å². The lowest BCUT2D eigenvalue weighted by molar-refractivity contribution is -0.130. The third-order valence-corrected chi connectivity index (χ3v) is 8.07.